The van der Waals surface area contributed by atoms with E-state index in [9.17, 15) is 5.48 Å². The van der Waals surface area contributed by atoms with Gasteiger partial charge in [0.25, 0.3) is 0 Å². The zero-order valence-electron chi connectivity index (χ0n) is 33.7. The van der Waals surface area contributed by atoms with Gasteiger partial charge in [0.1, 0.15) is 0 Å². The summed E-state index contributed by atoms with van der Waals surface area (Å²) in [4.78, 5) is 0. The third-order valence-corrected chi connectivity index (χ3v) is 9.62. The summed E-state index contributed by atoms with van der Waals surface area (Å²) in [5, 5.41) is 9.34. The first-order valence-electron chi connectivity index (χ1n) is 20.0. The fourth-order valence-corrected chi connectivity index (χ4v) is 7.51. The molecule has 0 aliphatic carbocycles. The second-order valence-electron chi connectivity index (χ2n) is 12.2. The first-order chi connectivity index (χ1) is 27.1. The van der Waals surface area contributed by atoms with Gasteiger partial charge in [-0.2, -0.15) is 0 Å². The highest BCUT2D eigenvalue weighted by molar-refractivity contribution is 6.24. The molecule has 10 rings (SSSR count). The van der Waals surface area contributed by atoms with Crippen molar-refractivity contribution in [3.05, 3.63) is 182 Å². The van der Waals surface area contributed by atoms with Crippen LogP contribution >= 0.6 is 0 Å². The Labute approximate surface area is 290 Å². The van der Waals surface area contributed by atoms with Gasteiger partial charge >= 0.3 is 0 Å². The molecule has 0 saturated heterocycles. The molecule has 0 aromatic heterocycles. The SMILES string of the molecule is [2H]c1c([2H])c([2H])c2c(-c3ccc4ccccc4c3)c3c([2H])c([2H])c([2H])c([2H])c3c(-c3cccc(-c4cc5ccc6ccccc6c5c5ccccc45)c3)c2c1[2H]. The monoisotopic (exact) mass is 614 g/mol. The number of hydrogen-bond donors (Lipinski definition) is 0. The molecule has 0 unspecified atom stereocenters. The van der Waals surface area contributed by atoms with E-state index in [1.807, 2.05) is 84.9 Å². The lowest BCUT2D eigenvalue weighted by atomic mass is 9.84. The van der Waals surface area contributed by atoms with Crippen LogP contribution in [0, 0.1) is 0 Å². The number of benzene rings is 10. The molecule has 0 saturated carbocycles. The summed E-state index contributed by atoms with van der Waals surface area (Å²) in [5.41, 5.74) is 3.65. The third kappa shape index (κ3) is 4.10. The molecule has 0 amide bonds. The molecule has 48 heavy (non-hydrogen) atoms. The van der Waals surface area contributed by atoms with Crippen LogP contribution in [0.2, 0.25) is 0 Å². The van der Waals surface area contributed by atoms with Crippen LogP contribution in [-0.4, -0.2) is 0 Å². The zero-order valence-corrected chi connectivity index (χ0v) is 25.7. The van der Waals surface area contributed by atoms with Gasteiger partial charge in [0, 0.05) is 0 Å². The van der Waals surface area contributed by atoms with Crippen LogP contribution in [0.4, 0.5) is 0 Å². The molecule has 0 heteroatoms. The molecular weight excluding hydrogens is 577 g/mol. The lowest BCUT2D eigenvalue weighted by Gasteiger charge is -2.19. The van der Waals surface area contributed by atoms with Gasteiger partial charge in [-0.05, 0) is 116 Å². The number of hydrogen-bond acceptors (Lipinski definition) is 0. The predicted molar refractivity (Wildman–Crippen MR) is 208 cm³/mol. The highest BCUT2D eigenvalue weighted by atomic mass is 14.2. The second-order valence-corrected chi connectivity index (χ2v) is 12.2. The van der Waals surface area contributed by atoms with Crippen LogP contribution in [0.5, 0.6) is 0 Å². The van der Waals surface area contributed by atoms with E-state index in [2.05, 4.69) is 48.5 Å². The molecule has 0 fully saturated rings. The summed E-state index contributed by atoms with van der Waals surface area (Å²) in [6.45, 7) is 0. The molecule has 0 spiro atoms. The van der Waals surface area contributed by atoms with E-state index in [1.165, 1.54) is 0 Å². The minimum Gasteiger partial charge on any atom is -0.0616 e. The minimum absolute atomic E-state index is 0.198. The Morgan fingerprint density at radius 3 is 1.54 bits per heavy atom. The van der Waals surface area contributed by atoms with E-state index in [1.54, 1.807) is 0 Å². The molecule has 0 aliphatic heterocycles. The second kappa shape index (κ2) is 10.7. The quantitative estimate of drug-likeness (QED) is 0.137. The van der Waals surface area contributed by atoms with Crippen molar-refractivity contribution >= 4 is 64.6 Å². The Hall–Kier alpha value is -6.24. The van der Waals surface area contributed by atoms with Gasteiger partial charge in [0.2, 0.25) is 0 Å². The van der Waals surface area contributed by atoms with E-state index < -0.39 is 24.2 Å². The summed E-state index contributed by atoms with van der Waals surface area (Å²) in [6, 6.07) is 41.5. The Kier molecular flexibility index (Phi) is 4.46. The van der Waals surface area contributed by atoms with Crippen LogP contribution in [0.15, 0.2) is 182 Å². The molecule has 0 radical (unpaired) electrons. The maximum absolute atomic E-state index is 9.40. The standard InChI is InChI=1S/C48H30/c1-2-14-33-28-36(26-24-31(33)12-1)48-43-22-9-7-20-41(43)47(42-21-8-10-23-44(42)48)35-16-11-15-34(29-35)45-30-37-27-25-32-13-3-4-17-38(32)46(37)40-19-6-5-18-39(40)45/h1-30H/i7D,8D,9D,10D,20D,21D,22D,23D. The summed E-state index contributed by atoms with van der Waals surface area (Å²) >= 11 is 0. The van der Waals surface area contributed by atoms with E-state index in [0.29, 0.717) is 22.3 Å². The Bertz CT molecular complexity index is 3270. The predicted octanol–water partition coefficient (Wildman–Crippen LogP) is 13.6. The summed E-state index contributed by atoms with van der Waals surface area (Å²) in [6.07, 6.45) is 0. The average Bonchev–Trinajstić information content (AvgIpc) is 3.24. The smallest absolute Gasteiger partial charge is 0.0616 e. The Morgan fingerprint density at radius 1 is 0.312 bits per heavy atom. The zero-order chi connectivity index (χ0) is 38.6. The topological polar surface area (TPSA) is 0 Å². The van der Waals surface area contributed by atoms with Gasteiger partial charge in [0.05, 0.1) is 11.0 Å². The first kappa shape index (κ1) is 20.1. The Balaban J connectivity index is 1.36. The molecule has 0 heterocycles. The van der Waals surface area contributed by atoms with Crippen LogP contribution in [0.25, 0.3) is 98.0 Å². The minimum atomic E-state index is -0.419. The molecule has 0 nitrogen and oxygen atoms in total. The normalized spacial score (nSPS) is 14.1. The van der Waals surface area contributed by atoms with Crippen molar-refractivity contribution in [3.63, 3.8) is 0 Å². The number of rotatable bonds is 3. The van der Waals surface area contributed by atoms with Crippen molar-refractivity contribution in [1.29, 1.82) is 0 Å². The van der Waals surface area contributed by atoms with Gasteiger partial charge in [-0.15, -0.1) is 0 Å². The summed E-state index contributed by atoms with van der Waals surface area (Å²) < 4.78 is 72.8. The molecule has 0 atom stereocenters. The van der Waals surface area contributed by atoms with E-state index in [4.69, 9.17) is 5.48 Å². The van der Waals surface area contributed by atoms with Gasteiger partial charge in [-0.3, -0.25) is 0 Å². The van der Waals surface area contributed by atoms with Crippen molar-refractivity contribution in [2.75, 3.05) is 0 Å². The van der Waals surface area contributed by atoms with Crippen LogP contribution < -0.4 is 0 Å². The maximum Gasteiger partial charge on any atom is 0.0629 e. The summed E-state index contributed by atoms with van der Waals surface area (Å²) in [5.74, 6) is 0. The van der Waals surface area contributed by atoms with Crippen LogP contribution in [0.1, 0.15) is 11.0 Å². The first-order valence-corrected chi connectivity index (χ1v) is 16.0. The molecule has 0 N–H and O–H groups in total. The number of fused-ring (bicyclic) bond motifs is 8. The van der Waals surface area contributed by atoms with Crippen molar-refractivity contribution in [1.82, 2.24) is 0 Å². The van der Waals surface area contributed by atoms with E-state index in [-0.39, 0.29) is 45.7 Å². The molecule has 0 bridgehead atoms. The van der Waals surface area contributed by atoms with Crippen molar-refractivity contribution in [3.8, 4) is 33.4 Å². The van der Waals surface area contributed by atoms with Gasteiger partial charge in [-0.25, -0.2) is 0 Å². The van der Waals surface area contributed by atoms with E-state index in [0.717, 1.165) is 54.2 Å². The van der Waals surface area contributed by atoms with Gasteiger partial charge < -0.3 is 0 Å². The molecule has 0 aliphatic rings. The highest BCUT2D eigenvalue weighted by Gasteiger charge is 2.18. The maximum atomic E-state index is 9.40. The van der Waals surface area contributed by atoms with Crippen LogP contribution in [0.3, 0.4) is 0 Å². The largest absolute Gasteiger partial charge is 0.0629 e. The van der Waals surface area contributed by atoms with Gasteiger partial charge in [-0.1, -0.05) is 164 Å². The lowest BCUT2D eigenvalue weighted by molar-refractivity contribution is 1.64. The fraction of sp³-hybridized carbons (Fsp3) is 0. The fourth-order valence-electron chi connectivity index (χ4n) is 7.51. The van der Waals surface area contributed by atoms with Crippen molar-refractivity contribution in [2.45, 2.75) is 0 Å². The average molecular weight is 615 g/mol. The highest BCUT2D eigenvalue weighted by Crippen LogP contribution is 2.45. The summed E-state index contributed by atoms with van der Waals surface area (Å²) in [7, 11) is 0. The molecule has 10 aromatic carbocycles. The van der Waals surface area contributed by atoms with E-state index >= 15 is 0 Å². The van der Waals surface area contributed by atoms with Crippen LogP contribution in [-0.2, 0) is 0 Å². The van der Waals surface area contributed by atoms with Crippen molar-refractivity contribution in [2.24, 2.45) is 0 Å². The van der Waals surface area contributed by atoms with Gasteiger partial charge in [0.15, 0.2) is 0 Å². The molecule has 10 aromatic rings. The lowest BCUT2D eigenvalue weighted by Crippen LogP contribution is -1.91. The third-order valence-electron chi connectivity index (χ3n) is 9.62. The van der Waals surface area contributed by atoms with Crippen molar-refractivity contribution < 1.29 is 11.0 Å². The Morgan fingerprint density at radius 2 is 0.833 bits per heavy atom. The molecular formula is C48H30. The molecule has 222 valence electrons.